The van der Waals surface area contributed by atoms with Gasteiger partial charge in [0.1, 0.15) is 0 Å². The first-order chi connectivity index (χ1) is 13.0. The molecular weight excluding hydrogens is 342 g/mol. The first kappa shape index (κ1) is 18.7. The number of fused-ring (bicyclic) bond motifs is 3. The van der Waals surface area contributed by atoms with E-state index in [1.165, 1.54) is 32.1 Å². The van der Waals surface area contributed by atoms with E-state index in [-0.39, 0.29) is 42.0 Å². The molecule has 0 bridgehead atoms. The van der Waals surface area contributed by atoms with Gasteiger partial charge in [-0.3, -0.25) is 14.5 Å². The van der Waals surface area contributed by atoms with Crippen LogP contribution in [-0.2, 0) is 11.3 Å². The molecule has 2 aliphatic heterocycles. The number of carbonyl (C=O) groups excluding carboxylic acids is 1. The van der Waals surface area contributed by atoms with Crippen LogP contribution in [0.5, 0.6) is 0 Å². The van der Waals surface area contributed by atoms with Gasteiger partial charge in [-0.2, -0.15) is 0 Å². The van der Waals surface area contributed by atoms with Crippen molar-refractivity contribution >= 4 is 5.91 Å². The Bertz CT molecular complexity index is 753. The molecule has 1 aliphatic carbocycles. The molecule has 0 unspecified atom stereocenters. The van der Waals surface area contributed by atoms with Gasteiger partial charge in [-0.1, -0.05) is 25.3 Å². The second kappa shape index (κ2) is 7.40. The minimum atomic E-state index is -0.300. The zero-order chi connectivity index (χ0) is 19.1. The second-order valence-electron chi connectivity index (χ2n) is 8.73. The third-order valence-electron chi connectivity index (χ3n) is 6.95. The van der Waals surface area contributed by atoms with Crippen LogP contribution in [0.1, 0.15) is 43.8 Å². The number of hydrogen-bond donors (Lipinski definition) is 1. The molecule has 148 valence electrons. The number of aliphatic hydroxyl groups is 1. The highest BCUT2D eigenvalue weighted by Crippen LogP contribution is 2.50. The highest BCUT2D eigenvalue weighted by Gasteiger charge is 2.55. The molecule has 3 aliphatic rings. The summed E-state index contributed by atoms with van der Waals surface area (Å²) in [7, 11) is 3.59. The largest absolute Gasteiger partial charge is 0.396 e. The number of carbonyl (C=O) groups is 1. The highest BCUT2D eigenvalue weighted by molar-refractivity contribution is 5.82. The SMILES string of the molecule is CN(C)C(=O)[C@H]1[C@H](CO)[C@H]2Cn3c(cccc3=O)[C@H]2N1CC1CCCCC1. The van der Waals surface area contributed by atoms with Gasteiger partial charge in [0.25, 0.3) is 5.56 Å². The molecule has 6 nitrogen and oxygen atoms in total. The standard InChI is InChI=1S/C21H31N3O3/c1-22(2)21(27)20-16(13-25)15-12-23-17(9-6-10-18(23)26)19(15)24(20)11-14-7-4-3-5-8-14/h6,9-10,14-16,19-20,25H,3-5,7-8,11-13H2,1-2H3/t15-,16-,19+,20-/m1/s1. The minimum absolute atomic E-state index is 0.0185. The summed E-state index contributed by atoms with van der Waals surface area (Å²) in [6.07, 6.45) is 6.25. The van der Waals surface area contributed by atoms with Crippen molar-refractivity contribution in [2.24, 2.45) is 17.8 Å². The minimum Gasteiger partial charge on any atom is -0.396 e. The van der Waals surface area contributed by atoms with Gasteiger partial charge in [0, 0.05) is 57.4 Å². The van der Waals surface area contributed by atoms with Gasteiger partial charge < -0.3 is 14.6 Å². The molecule has 0 spiro atoms. The Hall–Kier alpha value is -1.66. The average molecular weight is 373 g/mol. The fourth-order valence-corrected chi connectivity index (χ4v) is 5.68. The van der Waals surface area contributed by atoms with E-state index in [0.717, 1.165) is 12.2 Å². The smallest absolute Gasteiger partial charge is 0.250 e. The topological polar surface area (TPSA) is 65.8 Å². The van der Waals surface area contributed by atoms with E-state index in [9.17, 15) is 14.7 Å². The maximum Gasteiger partial charge on any atom is 0.250 e. The Morgan fingerprint density at radius 1 is 1.22 bits per heavy atom. The molecule has 1 saturated heterocycles. The summed E-state index contributed by atoms with van der Waals surface area (Å²) >= 11 is 0. The average Bonchev–Trinajstić information content (AvgIpc) is 3.18. The molecule has 27 heavy (non-hydrogen) atoms. The van der Waals surface area contributed by atoms with E-state index in [4.69, 9.17) is 0 Å². The fourth-order valence-electron chi connectivity index (χ4n) is 5.68. The number of hydrogen-bond acceptors (Lipinski definition) is 4. The summed E-state index contributed by atoms with van der Waals surface area (Å²) in [5.41, 5.74) is 1.03. The third-order valence-corrected chi connectivity index (χ3v) is 6.95. The van der Waals surface area contributed by atoms with Gasteiger partial charge in [0.15, 0.2) is 0 Å². The van der Waals surface area contributed by atoms with Crippen molar-refractivity contribution in [2.75, 3.05) is 27.2 Å². The number of aromatic nitrogens is 1. The first-order valence-corrected chi connectivity index (χ1v) is 10.3. The van der Waals surface area contributed by atoms with Gasteiger partial charge in [0.2, 0.25) is 5.91 Å². The summed E-state index contributed by atoms with van der Waals surface area (Å²) < 4.78 is 1.85. The van der Waals surface area contributed by atoms with Crippen LogP contribution >= 0.6 is 0 Å². The van der Waals surface area contributed by atoms with Crippen LogP contribution in [0.2, 0.25) is 0 Å². The molecule has 1 aromatic heterocycles. The monoisotopic (exact) mass is 373 g/mol. The molecule has 0 radical (unpaired) electrons. The Morgan fingerprint density at radius 2 is 1.96 bits per heavy atom. The van der Waals surface area contributed by atoms with E-state index in [2.05, 4.69) is 4.90 Å². The summed E-state index contributed by atoms with van der Waals surface area (Å²) in [6, 6.07) is 5.20. The van der Waals surface area contributed by atoms with Crippen molar-refractivity contribution in [1.82, 2.24) is 14.4 Å². The molecule has 0 aromatic carbocycles. The number of likely N-dealkylation sites (N-methyl/N-ethyl adjacent to an activating group) is 1. The summed E-state index contributed by atoms with van der Waals surface area (Å²) in [6.45, 7) is 1.46. The third kappa shape index (κ3) is 3.13. The summed E-state index contributed by atoms with van der Waals surface area (Å²) in [5, 5.41) is 10.2. The lowest BCUT2D eigenvalue weighted by molar-refractivity contribution is -0.136. The van der Waals surface area contributed by atoms with Crippen LogP contribution in [0.25, 0.3) is 0 Å². The Morgan fingerprint density at radius 3 is 2.63 bits per heavy atom. The quantitative estimate of drug-likeness (QED) is 0.868. The van der Waals surface area contributed by atoms with Crippen molar-refractivity contribution < 1.29 is 9.90 Å². The molecule has 4 rings (SSSR count). The fraction of sp³-hybridized carbons (Fsp3) is 0.714. The number of nitrogens with zero attached hydrogens (tertiary/aromatic N) is 3. The Kier molecular flexibility index (Phi) is 5.12. The van der Waals surface area contributed by atoms with Crippen molar-refractivity contribution in [1.29, 1.82) is 0 Å². The number of likely N-dealkylation sites (tertiary alicyclic amines) is 1. The molecule has 4 atom stereocenters. The molecule has 3 heterocycles. The number of aliphatic hydroxyl groups excluding tert-OH is 1. The second-order valence-corrected chi connectivity index (χ2v) is 8.73. The first-order valence-electron chi connectivity index (χ1n) is 10.3. The summed E-state index contributed by atoms with van der Waals surface area (Å²) in [5.74, 6) is 0.651. The number of amides is 1. The summed E-state index contributed by atoms with van der Waals surface area (Å²) in [4.78, 5) is 29.4. The lowest BCUT2D eigenvalue weighted by Gasteiger charge is -2.35. The van der Waals surface area contributed by atoms with Gasteiger partial charge in [-0.25, -0.2) is 0 Å². The predicted molar refractivity (Wildman–Crippen MR) is 103 cm³/mol. The Balaban J connectivity index is 1.73. The van der Waals surface area contributed by atoms with E-state index in [1.807, 2.05) is 16.7 Å². The maximum atomic E-state index is 13.1. The maximum absolute atomic E-state index is 13.1. The van der Waals surface area contributed by atoms with Gasteiger partial charge in [0.05, 0.1) is 12.1 Å². The van der Waals surface area contributed by atoms with E-state index >= 15 is 0 Å². The number of rotatable bonds is 4. The van der Waals surface area contributed by atoms with E-state index < -0.39 is 0 Å². The van der Waals surface area contributed by atoms with Crippen LogP contribution in [0.4, 0.5) is 0 Å². The molecule has 1 amide bonds. The Labute approximate surface area is 160 Å². The van der Waals surface area contributed by atoms with Crippen LogP contribution in [-0.4, -0.2) is 58.7 Å². The van der Waals surface area contributed by atoms with Gasteiger partial charge >= 0.3 is 0 Å². The van der Waals surface area contributed by atoms with Crippen molar-refractivity contribution in [3.8, 4) is 0 Å². The van der Waals surface area contributed by atoms with Crippen molar-refractivity contribution in [3.05, 3.63) is 34.2 Å². The van der Waals surface area contributed by atoms with Crippen LogP contribution in [0, 0.1) is 17.8 Å². The molecule has 2 fully saturated rings. The van der Waals surface area contributed by atoms with Crippen LogP contribution in [0.3, 0.4) is 0 Å². The number of pyridine rings is 1. The zero-order valence-corrected chi connectivity index (χ0v) is 16.4. The van der Waals surface area contributed by atoms with Gasteiger partial charge in [-0.15, -0.1) is 0 Å². The molecule has 1 N–H and O–H groups in total. The zero-order valence-electron chi connectivity index (χ0n) is 16.4. The van der Waals surface area contributed by atoms with E-state index in [0.29, 0.717) is 12.5 Å². The van der Waals surface area contributed by atoms with Crippen molar-refractivity contribution in [2.45, 2.75) is 50.7 Å². The lowest BCUT2D eigenvalue weighted by Crippen LogP contribution is -2.49. The normalized spacial score (nSPS) is 30.9. The highest BCUT2D eigenvalue weighted by atomic mass is 16.3. The molecular formula is C21H31N3O3. The van der Waals surface area contributed by atoms with Crippen molar-refractivity contribution in [3.63, 3.8) is 0 Å². The van der Waals surface area contributed by atoms with Gasteiger partial charge in [-0.05, 0) is 24.8 Å². The lowest BCUT2D eigenvalue weighted by atomic mass is 9.88. The van der Waals surface area contributed by atoms with Crippen LogP contribution < -0.4 is 5.56 Å². The predicted octanol–water partition coefficient (Wildman–Crippen LogP) is 1.48. The van der Waals surface area contributed by atoms with Crippen LogP contribution in [0.15, 0.2) is 23.0 Å². The molecule has 1 saturated carbocycles. The van der Waals surface area contributed by atoms with E-state index in [1.54, 1.807) is 25.1 Å². The molecule has 1 aromatic rings. The molecule has 6 heteroatoms.